The first-order valence-corrected chi connectivity index (χ1v) is 5.23. The van der Waals surface area contributed by atoms with Crippen LogP contribution in [-0.2, 0) is 0 Å². The molecule has 4 nitrogen and oxygen atoms in total. The summed E-state index contributed by atoms with van der Waals surface area (Å²) >= 11 is 0. The number of carbonyl (C=O) groups is 1. The summed E-state index contributed by atoms with van der Waals surface area (Å²) in [6, 6.07) is 1.66. The molecular formula is C13H14O4. The Morgan fingerprint density at radius 3 is 2.47 bits per heavy atom. The number of hydrogen-bond acceptors (Lipinski definition) is 4. The zero-order valence-corrected chi connectivity index (χ0v) is 10.3. The Hall–Kier alpha value is -1.97. The number of rotatable bonds is 3. The lowest BCUT2D eigenvalue weighted by atomic mass is 10.1. The maximum Gasteiger partial charge on any atom is 0.180 e. The first kappa shape index (κ1) is 11.5. The molecule has 1 heterocycles. The standard InChI is InChI=1S/C13H14O4/c1-7-8(2)17-13-11(7)10(15-3)5-9(6-14)12(13)16-4/h5-6H,1-4H3. The van der Waals surface area contributed by atoms with Crippen molar-refractivity contribution in [2.24, 2.45) is 0 Å². The highest BCUT2D eigenvalue weighted by Gasteiger charge is 2.20. The number of benzene rings is 1. The summed E-state index contributed by atoms with van der Waals surface area (Å²) < 4.78 is 16.2. The van der Waals surface area contributed by atoms with Crippen LogP contribution in [0.1, 0.15) is 21.7 Å². The van der Waals surface area contributed by atoms with Crippen molar-refractivity contribution in [3.8, 4) is 11.5 Å². The normalized spacial score (nSPS) is 10.6. The van der Waals surface area contributed by atoms with E-state index in [1.165, 1.54) is 7.11 Å². The van der Waals surface area contributed by atoms with E-state index in [0.29, 0.717) is 22.6 Å². The molecule has 0 fully saturated rings. The summed E-state index contributed by atoms with van der Waals surface area (Å²) in [4.78, 5) is 11.0. The second-order valence-electron chi connectivity index (χ2n) is 3.81. The molecule has 2 aromatic rings. The van der Waals surface area contributed by atoms with Crippen LogP contribution in [0, 0.1) is 13.8 Å². The number of aldehydes is 1. The molecule has 0 aliphatic rings. The number of methoxy groups -OCH3 is 2. The van der Waals surface area contributed by atoms with Crippen molar-refractivity contribution in [1.29, 1.82) is 0 Å². The molecule has 0 atom stereocenters. The van der Waals surface area contributed by atoms with Crippen LogP contribution in [0.2, 0.25) is 0 Å². The molecule has 17 heavy (non-hydrogen) atoms. The van der Waals surface area contributed by atoms with Crippen molar-refractivity contribution >= 4 is 17.3 Å². The Kier molecular flexibility index (Phi) is 2.79. The molecule has 0 saturated carbocycles. The molecule has 0 N–H and O–H groups in total. The molecule has 1 aromatic heterocycles. The topological polar surface area (TPSA) is 48.7 Å². The minimum absolute atomic E-state index is 0.422. The third-order valence-corrected chi connectivity index (χ3v) is 2.94. The third kappa shape index (κ3) is 1.56. The maximum absolute atomic E-state index is 11.0. The smallest absolute Gasteiger partial charge is 0.180 e. The zero-order chi connectivity index (χ0) is 12.6. The van der Waals surface area contributed by atoms with E-state index in [1.54, 1.807) is 13.2 Å². The lowest BCUT2D eigenvalue weighted by Gasteiger charge is -2.08. The molecule has 0 radical (unpaired) electrons. The summed E-state index contributed by atoms with van der Waals surface area (Å²) in [6.07, 6.45) is 0.730. The van der Waals surface area contributed by atoms with E-state index in [9.17, 15) is 4.79 Å². The van der Waals surface area contributed by atoms with E-state index in [0.717, 1.165) is 23.0 Å². The van der Waals surface area contributed by atoms with Gasteiger partial charge in [0.1, 0.15) is 11.5 Å². The van der Waals surface area contributed by atoms with E-state index < -0.39 is 0 Å². The molecule has 0 spiro atoms. The molecule has 0 unspecified atom stereocenters. The van der Waals surface area contributed by atoms with Gasteiger partial charge in [-0.15, -0.1) is 0 Å². The van der Waals surface area contributed by atoms with Gasteiger partial charge in [0.25, 0.3) is 0 Å². The van der Waals surface area contributed by atoms with Crippen molar-refractivity contribution in [3.05, 3.63) is 23.0 Å². The van der Waals surface area contributed by atoms with Gasteiger partial charge < -0.3 is 13.9 Å². The lowest BCUT2D eigenvalue weighted by Crippen LogP contribution is -1.94. The van der Waals surface area contributed by atoms with Gasteiger partial charge in [-0.05, 0) is 19.9 Å². The van der Waals surface area contributed by atoms with Gasteiger partial charge in [0, 0.05) is 5.56 Å². The quantitative estimate of drug-likeness (QED) is 0.766. The summed E-state index contributed by atoms with van der Waals surface area (Å²) in [5, 5.41) is 0.854. The van der Waals surface area contributed by atoms with Gasteiger partial charge in [-0.3, -0.25) is 4.79 Å². The predicted octanol–water partition coefficient (Wildman–Crippen LogP) is 2.88. The Labute approximate surface area is 99.1 Å². The van der Waals surface area contributed by atoms with Gasteiger partial charge in [0.15, 0.2) is 17.6 Å². The number of hydrogen-bond donors (Lipinski definition) is 0. The van der Waals surface area contributed by atoms with Crippen LogP contribution in [0.5, 0.6) is 11.5 Å². The SMILES string of the molecule is COc1c(C=O)cc(OC)c2c(C)c(C)oc12. The molecule has 0 saturated heterocycles. The fourth-order valence-electron chi connectivity index (χ4n) is 1.95. The Balaban J connectivity index is 2.95. The van der Waals surface area contributed by atoms with Crippen molar-refractivity contribution in [2.75, 3.05) is 14.2 Å². The molecule has 0 aliphatic heterocycles. The molecule has 1 aromatic carbocycles. The summed E-state index contributed by atoms with van der Waals surface area (Å²) in [5.41, 5.74) is 1.97. The Morgan fingerprint density at radius 2 is 1.94 bits per heavy atom. The fraction of sp³-hybridized carbons (Fsp3) is 0.308. The van der Waals surface area contributed by atoms with Gasteiger partial charge in [-0.25, -0.2) is 0 Å². The van der Waals surface area contributed by atoms with Crippen molar-refractivity contribution in [1.82, 2.24) is 0 Å². The molecular weight excluding hydrogens is 220 g/mol. The van der Waals surface area contributed by atoms with Gasteiger partial charge >= 0.3 is 0 Å². The Morgan fingerprint density at radius 1 is 1.24 bits per heavy atom. The number of aryl methyl sites for hydroxylation is 2. The molecule has 2 rings (SSSR count). The van der Waals surface area contributed by atoms with Gasteiger partial charge in [-0.1, -0.05) is 0 Å². The van der Waals surface area contributed by atoms with E-state index in [-0.39, 0.29) is 0 Å². The lowest BCUT2D eigenvalue weighted by molar-refractivity contribution is 0.112. The maximum atomic E-state index is 11.0. The molecule has 0 bridgehead atoms. The number of fused-ring (bicyclic) bond motifs is 1. The number of carbonyl (C=O) groups excluding carboxylic acids is 1. The van der Waals surface area contributed by atoms with Crippen molar-refractivity contribution in [2.45, 2.75) is 13.8 Å². The summed E-state index contributed by atoms with van der Waals surface area (Å²) in [6.45, 7) is 3.82. The van der Waals surface area contributed by atoms with Gasteiger partial charge in [0.05, 0.1) is 25.2 Å². The average molecular weight is 234 g/mol. The molecule has 90 valence electrons. The van der Waals surface area contributed by atoms with E-state index in [4.69, 9.17) is 13.9 Å². The highest BCUT2D eigenvalue weighted by Crippen LogP contribution is 2.40. The number of ether oxygens (including phenoxy) is 2. The van der Waals surface area contributed by atoms with Gasteiger partial charge in [0.2, 0.25) is 0 Å². The van der Waals surface area contributed by atoms with Crippen LogP contribution in [0.4, 0.5) is 0 Å². The largest absolute Gasteiger partial charge is 0.496 e. The van der Waals surface area contributed by atoms with Gasteiger partial charge in [-0.2, -0.15) is 0 Å². The molecule has 0 aliphatic carbocycles. The highest BCUT2D eigenvalue weighted by atomic mass is 16.5. The van der Waals surface area contributed by atoms with Crippen LogP contribution in [0.25, 0.3) is 11.0 Å². The van der Waals surface area contributed by atoms with Crippen LogP contribution < -0.4 is 9.47 Å². The van der Waals surface area contributed by atoms with E-state index in [2.05, 4.69) is 0 Å². The highest BCUT2D eigenvalue weighted by molar-refractivity contribution is 5.99. The summed E-state index contributed by atoms with van der Waals surface area (Å²) in [7, 11) is 3.08. The minimum Gasteiger partial charge on any atom is -0.496 e. The molecule has 0 amide bonds. The summed E-state index contributed by atoms with van der Waals surface area (Å²) in [5.74, 6) is 1.86. The van der Waals surface area contributed by atoms with Crippen molar-refractivity contribution < 1.29 is 18.7 Å². The minimum atomic E-state index is 0.422. The fourth-order valence-corrected chi connectivity index (χ4v) is 1.95. The van der Waals surface area contributed by atoms with E-state index >= 15 is 0 Å². The Bertz CT molecular complexity index is 581. The van der Waals surface area contributed by atoms with Crippen LogP contribution in [0.3, 0.4) is 0 Å². The first-order valence-electron chi connectivity index (χ1n) is 5.23. The molecule has 4 heteroatoms. The second-order valence-corrected chi connectivity index (χ2v) is 3.81. The zero-order valence-electron chi connectivity index (χ0n) is 10.3. The predicted molar refractivity (Wildman–Crippen MR) is 64.2 cm³/mol. The second kappa shape index (κ2) is 4.13. The van der Waals surface area contributed by atoms with Crippen LogP contribution in [0.15, 0.2) is 10.5 Å². The van der Waals surface area contributed by atoms with Crippen LogP contribution in [-0.4, -0.2) is 20.5 Å². The number of furan rings is 1. The first-order chi connectivity index (χ1) is 8.13. The van der Waals surface area contributed by atoms with Crippen LogP contribution >= 0.6 is 0 Å². The monoisotopic (exact) mass is 234 g/mol. The van der Waals surface area contributed by atoms with Crippen molar-refractivity contribution in [3.63, 3.8) is 0 Å². The third-order valence-electron chi connectivity index (χ3n) is 2.94. The van der Waals surface area contributed by atoms with E-state index in [1.807, 2.05) is 13.8 Å². The average Bonchev–Trinajstić information content (AvgIpc) is 2.64.